The summed E-state index contributed by atoms with van der Waals surface area (Å²) in [6, 6.07) is 5.11. The van der Waals surface area contributed by atoms with Crippen LogP contribution in [-0.2, 0) is 0 Å². The molecule has 0 aromatic heterocycles. The van der Waals surface area contributed by atoms with Gasteiger partial charge in [0.1, 0.15) is 5.75 Å². The van der Waals surface area contributed by atoms with E-state index in [1.807, 2.05) is 6.07 Å². The van der Waals surface area contributed by atoms with E-state index in [2.05, 4.69) is 29.8 Å². The van der Waals surface area contributed by atoms with Gasteiger partial charge in [-0.25, -0.2) is 0 Å². The lowest BCUT2D eigenvalue weighted by molar-refractivity contribution is 0.468. The van der Waals surface area contributed by atoms with Crippen LogP contribution >= 0.6 is 15.9 Å². The first-order chi connectivity index (χ1) is 6.02. The van der Waals surface area contributed by atoms with Gasteiger partial charge in [0.15, 0.2) is 0 Å². The Morgan fingerprint density at radius 3 is 2.54 bits per heavy atom. The van der Waals surface area contributed by atoms with Crippen molar-refractivity contribution in [1.29, 1.82) is 0 Å². The van der Waals surface area contributed by atoms with Gasteiger partial charge in [0.25, 0.3) is 0 Å². The maximum Gasteiger partial charge on any atom is 0.115 e. The van der Waals surface area contributed by atoms with Crippen LogP contribution in [0.5, 0.6) is 5.75 Å². The van der Waals surface area contributed by atoms with Crippen LogP contribution in [0.2, 0.25) is 0 Å². The highest BCUT2D eigenvalue weighted by molar-refractivity contribution is 9.10. The van der Waals surface area contributed by atoms with Gasteiger partial charge in [0.05, 0.1) is 0 Å². The number of benzene rings is 1. The molecule has 0 aliphatic heterocycles. The molecule has 0 aliphatic carbocycles. The van der Waals surface area contributed by atoms with Gasteiger partial charge in [-0.2, -0.15) is 0 Å². The zero-order valence-electron chi connectivity index (χ0n) is 7.79. The minimum Gasteiger partial charge on any atom is -0.508 e. The molecule has 0 saturated heterocycles. The van der Waals surface area contributed by atoms with Crippen molar-refractivity contribution < 1.29 is 5.11 Å². The van der Waals surface area contributed by atoms with Crippen molar-refractivity contribution in [3.8, 4) is 5.75 Å². The van der Waals surface area contributed by atoms with Crippen molar-refractivity contribution in [3.63, 3.8) is 0 Å². The van der Waals surface area contributed by atoms with Crippen LogP contribution in [0.25, 0.3) is 0 Å². The Balaban J connectivity index is 3.05. The summed E-state index contributed by atoms with van der Waals surface area (Å²) >= 11 is 3.41. The highest BCUT2D eigenvalue weighted by Crippen LogP contribution is 2.29. The average Bonchev–Trinajstić information content (AvgIpc) is 2.08. The Morgan fingerprint density at radius 2 is 2.00 bits per heavy atom. The van der Waals surface area contributed by atoms with Gasteiger partial charge in [-0.1, -0.05) is 29.8 Å². The molecule has 1 rings (SSSR count). The van der Waals surface area contributed by atoms with Crippen LogP contribution in [0.15, 0.2) is 22.7 Å². The number of rotatable bonds is 2. The molecule has 0 heterocycles. The Kier molecular flexibility index (Phi) is 3.33. The minimum atomic E-state index is -0.0403. The van der Waals surface area contributed by atoms with Crippen molar-refractivity contribution in [3.05, 3.63) is 28.2 Å². The Morgan fingerprint density at radius 1 is 1.38 bits per heavy atom. The number of hydrogen-bond acceptors (Lipinski definition) is 2. The van der Waals surface area contributed by atoms with E-state index in [0.717, 1.165) is 10.0 Å². The number of phenolic OH excluding ortho intramolecular Hbond substituents is 1. The van der Waals surface area contributed by atoms with Gasteiger partial charge in [-0.15, -0.1) is 0 Å². The molecule has 2 nitrogen and oxygen atoms in total. The van der Waals surface area contributed by atoms with Crippen molar-refractivity contribution in [2.45, 2.75) is 19.9 Å². The zero-order valence-corrected chi connectivity index (χ0v) is 9.38. The predicted octanol–water partition coefficient (Wildman–Crippen LogP) is 2.81. The van der Waals surface area contributed by atoms with E-state index in [0.29, 0.717) is 5.92 Å². The van der Waals surface area contributed by atoms with Crippen LogP contribution in [0.4, 0.5) is 0 Å². The van der Waals surface area contributed by atoms with E-state index in [1.165, 1.54) is 0 Å². The molecule has 72 valence electrons. The first kappa shape index (κ1) is 10.5. The van der Waals surface area contributed by atoms with Gasteiger partial charge in [-0.3, -0.25) is 0 Å². The number of hydrogen-bond donors (Lipinski definition) is 2. The van der Waals surface area contributed by atoms with Crippen molar-refractivity contribution in [2.24, 2.45) is 11.7 Å². The quantitative estimate of drug-likeness (QED) is 0.840. The molecule has 3 heteroatoms. The molecule has 0 saturated carbocycles. The average molecular weight is 244 g/mol. The highest BCUT2D eigenvalue weighted by Gasteiger charge is 2.13. The summed E-state index contributed by atoms with van der Waals surface area (Å²) in [5.41, 5.74) is 6.92. The summed E-state index contributed by atoms with van der Waals surface area (Å²) in [7, 11) is 0. The fraction of sp³-hybridized carbons (Fsp3) is 0.400. The van der Waals surface area contributed by atoms with Crippen LogP contribution in [0, 0.1) is 5.92 Å². The molecule has 0 fully saturated rings. The Labute approximate surface area is 86.9 Å². The molecule has 1 aromatic carbocycles. The largest absolute Gasteiger partial charge is 0.508 e. The molecule has 3 N–H and O–H groups in total. The predicted molar refractivity (Wildman–Crippen MR) is 57.6 cm³/mol. The van der Waals surface area contributed by atoms with Gasteiger partial charge in [0, 0.05) is 10.5 Å². The van der Waals surface area contributed by atoms with E-state index in [9.17, 15) is 5.11 Å². The van der Waals surface area contributed by atoms with Crippen molar-refractivity contribution >= 4 is 15.9 Å². The standard InChI is InChI=1S/C10H14BrNO/c1-6(2)10(12)8-5-7(13)3-4-9(8)11/h3-6,10,13H,12H2,1-2H3/t10-/m1/s1. The second-order valence-electron chi connectivity index (χ2n) is 3.48. The second-order valence-corrected chi connectivity index (χ2v) is 4.33. The van der Waals surface area contributed by atoms with Gasteiger partial charge in [0.2, 0.25) is 0 Å². The monoisotopic (exact) mass is 243 g/mol. The normalized spacial score (nSPS) is 13.3. The molecule has 1 aromatic rings. The second kappa shape index (κ2) is 4.11. The summed E-state index contributed by atoms with van der Waals surface area (Å²) in [4.78, 5) is 0. The third kappa shape index (κ3) is 2.45. The molecule has 1 atom stereocenters. The molecule has 0 aliphatic rings. The van der Waals surface area contributed by atoms with E-state index in [1.54, 1.807) is 12.1 Å². The molecule has 0 amide bonds. The van der Waals surface area contributed by atoms with Crippen LogP contribution in [0.1, 0.15) is 25.5 Å². The molecule has 0 radical (unpaired) electrons. The van der Waals surface area contributed by atoms with E-state index in [4.69, 9.17) is 5.73 Å². The number of aromatic hydroxyl groups is 1. The Hall–Kier alpha value is -0.540. The summed E-state index contributed by atoms with van der Waals surface area (Å²) < 4.78 is 0.950. The van der Waals surface area contributed by atoms with Crippen LogP contribution < -0.4 is 5.73 Å². The first-order valence-electron chi connectivity index (χ1n) is 4.26. The Bertz CT molecular complexity index is 299. The van der Waals surface area contributed by atoms with Gasteiger partial charge >= 0.3 is 0 Å². The van der Waals surface area contributed by atoms with Crippen molar-refractivity contribution in [1.82, 2.24) is 0 Å². The topological polar surface area (TPSA) is 46.2 Å². The molecular formula is C10H14BrNO. The lowest BCUT2D eigenvalue weighted by Crippen LogP contribution is -2.17. The molecule has 0 unspecified atom stereocenters. The van der Waals surface area contributed by atoms with Crippen LogP contribution in [0.3, 0.4) is 0 Å². The maximum absolute atomic E-state index is 9.29. The molecule has 0 bridgehead atoms. The SMILES string of the molecule is CC(C)[C@@H](N)c1cc(O)ccc1Br. The van der Waals surface area contributed by atoms with Crippen LogP contribution in [-0.4, -0.2) is 5.11 Å². The maximum atomic E-state index is 9.29. The van der Waals surface area contributed by atoms with Gasteiger partial charge in [-0.05, 0) is 29.7 Å². The van der Waals surface area contributed by atoms with E-state index in [-0.39, 0.29) is 11.8 Å². The van der Waals surface area contributed by atoms with Crippen molar-refractivity contribution in [2.75, 3.05) is 0 Å². The fourth-order valence-electron chi connectivity index (χ4n) is 1.15. The molecular weight excluding hydrogens is 230 g/mol. The van der Waals surface area contributed by atoms with E-state index >= 15 is 0 Å². The molecule has 13 heavy (non-hydrogen) atoms. The smallest absolute Gasteiger partial charge is 0.115 e. The summed E-state index contributed by atoms with van der Waals surface area (Å²) in [6.45, 7) is 4.11. The summed E-state index contributed by atoms with van der Waals surface area (Å²) in [5.74, 6) is 0.618. The number of halogens is 1. The third-order valence-electron chi connectivity index (χ3n) is 2.06. The minimum absolute atomic E-state index is 0.0403. The third-order valence-corrected chi connectivity index (χ3v) is 2.78. The lowest BCUT2D eigenvalue weighted by atomic mass is 9.97. The molecule has 0 spiro atoms. The lowest BCUT2D eigenvalue weighted by Gasteiger charge is -2.17. The zero-order chi connectivity index (χ0) is 10.0. The number of nitrogens with two attached hydrogens (primary N) is 1. The highest BCUT2D eigenvalue weighted by atomic mass is 79.9. The first-order valence-corrected chi connectivity index (χ1v) is 5.05. The van der Waals surface area contributed by atoms with Gasteiger partial charge < -0.3 is 10.8 Å². The summed E-state index contributed by atoms with van der Waals surface area (Å²) in [6.07, 6.45) is 0. The fourth-order valence-corrected chi connectivity index (χ4v) is 1.66. The number of phenols is 1. The van der Waals surface area contributed by atoms with E-state index < -0.39 is 0 Å². The summed E-state index contributed by atoms with van der Waals surface area (Å²) in [5, 5.41) is 9.29.